The summed E-state index contributed by atoms with van der Waals surface area (Å²) in [5, 5.41) is 0. The normalized spacial score (nSPS) is 20.4. The number of H-pyrrole nitrogens is 1. The molecule has 0 unspecified atom stereocenters. The molecule has 2 fully saturated rings. The standard InChI is InChI=1S/C22H27N5O3/c1-15(28)16-3-7-23-18(14-16)26-8-5-22(6-9-26)4-2-17-19(22)24-21(25-20(17)29)27-10-12-30-13-11-27/h3,7,14H,2,4-6,8-13H2,1H3,(H,24,25,29). The van der Waals surface area contributed by atoms with Crippen LogP contribution in [0.3, 0.4) is 0 Å². The monoisotopic (exact) mass is 409 g/mol. The third-order valence-corrected chi connectivity index (χ3v) is 6.87. The van der Waals surface area contributed by atoms with Gasteiger partial charge in [-0.15, -0.1) is 0 Å². The van der Waals surface area contributed by atoms with E-state index in [2.05, 4.69) is 19.8 Å². The molecule has 1 aliphatic carbocycles. The van der Waals surface area contributed by atoms with Crippen molar-refractivity contribution < 1.29 is 9.53 Å². The van der Waals surface area contributed by atoms with E-state index < -0.39 is 0 Å². The number of hydrogen-bond acceptors (Lipinski definition) is 7. The van der Waals surface area contributed by atoms with Crippen LogP contribution < -0.4 is 15.4 Å². The molecule has 8 nitrogen and oxygen atoms in total. The van der Waals surface area contributed by atoms with E-state index >= 15 is 0 Å². The smallest absolute Gasteiger partial charge is 0.255 e. The lowest BCUT2D eigenvalue weighted by atomic mass is 9.76. The minimum atomic E-state index is -0.0423. The minimum Gasteiger partial charge on any atom is -0.378 e. The van der Waals surface area contributed by atoms with Gasteiger partial charge in [0.1, 0.15) is 5.82 Å². The second kappa shape index (κ2) is 7.50. The van der Waals surface area contributed by atoms with Gasteiger partial charge < -0.3 is 14.5 Å². The van der Waals surface area contributed by atoms with E-state index in [-0.39, 0.29) is 16.8 Å². The van der Waals surface area contributed by atoms with Crippen LogP contribution in [-0.4, -0.2) is 60.1 Å². The Morgan fingerprint density at radius 1 is 1.13 bits per heavy atom. The van der Waals surface area contributed by atoms with E-state index in [9.17, 15) is 9.59 Å². The summed E-state index contributed by atoms with van der Waals surface area (Å²) in [7, 11) is 0. The zero-order valence-corrected chi connectivity index (χ0v) is 17.3. The Bertz CT molecular complexity index is 1020. The fourth-order valence-electron chi connectivity index (χ4n) is 5.03. The topological polar surface area (TPSA) is 91.4 Å². The molecule has 1 N–H and O–H groups in total. The van der Waals surface area contributed by atoms with Crippen LogP contribution in [0.4, 0.5) is 11.8 Å². The largest absolute Gasteiger partial charge is 0.378 e. The van der Waals surface area contributed by atoms with E-state index in [1.807, 2.05) is 6.07 Å². The number of fused-ring (bicyclic) bond motifs is 2. The number of piperidine rings is 1. The highest BCUT2D eigenvalue weighted by molar-refractivity contribution is 5.94. The lowest BCUT2D eigenvalue weighted by Gasteiger charge is -2.40. The molecule has 8 heteroatoms. The molecule has 3 aliphatic rings. The number of morpholine rings is 1. The van der Waals surface area contributed by atoms with E-state index in [4.69, 9.17) is 9.72 Å². The zero-order chi connectivity index (χ0) is 20.7. The Hall–Kier alpha value is -2.74. The van der Waals surface area contributed by atoms with Crippen LogP contribution in [0.1, 0.15) is 47.8 Å². The molecule has 1 spiro atoms. The van der Waals surface area contributed by atoms with Gasteiger partial charge in [0.25, 0.3) is 5.56 Å². The van der Waals surface area contributed by atoms with Crippen molar-refractivity contribution in [3.8, 4) is 0 Å². The minimum absolute atomic E-state index is 0.0108. The third-order valence-electron chi connectivity index (χ3n) is 6.87. The molecule has 4 heterocycles. The Morgan fingerprint density at radius 3 is 2.63 bits per heavy atom. The van der Waals surface area contributed by atoms with Crippen LogP contribution in [-0.2, 0) is 16.6 Å². The SMILES string of the molecule is CC(=O)c1ccnc(N2CCC3(CCc4c3nc(N3CCOCC3)[nH]c4=O)CC2)c1. The summed E-state index contributed by atoms with van der Waals surface area (Å²) in [6.45, 7) is 6.08. The number of pyridine rings is 1. The first-order chi connectivity index (χ1) is 14.6. The number of carbonyl (C=O) groups excluding carboxylic acids is 1. The van der Waals surface area contributed by atoms with Crippen LogP contribution in [0.25, 0.3) is 0 Å². The molecule has 30 heavy (non-hydrogen) atoms. The van der Waals surface area contributed by atoms with Crippen molar-refractivity contribution in [3.63, 3.8) is 0 Å². The number of carbonyl (C=O) groups is 1. The molecule has 2 aliphatic heterocycles. The summed E-state index contributed by atoms with van der Waals surface area (Å²) in [5.41, 5.74) is 2.51. The van der Waals surface area contributed by atoms with Gasteiger partial charge >= 0.3 is 0 Å². The molecule has 158 valence electrons. The van der Waals surface area contributed by atoms with Crippen molar-refractivity contribution >= 4 is 17.5 Å². The highest BCUT2D eigenvalue weighted by atomic mass is 16.5. The van der Waals surface area contributed by atoms with E-state index in [0.29, 0.717) is 24.7 Å². The van der Waals surface area contributed by atoms with Crippen LogP contribution in [0.2, 0.25) is 0 Å². The highest BCUT2D eigenvalue weighted by Gasteiger charge is 2.44. The molecule has 2 aromatic rings. The van der Waals surface area contributed by atoms with Crippen molar-refractivity contribution in [1.82, 2.24) is 15.0 Å². The summed E-state index contributed by atoms with van der Waals surface area (Å²) < 4.78 is 5.44. The fourth-order valence-corrected chi connectivity index (χ4v) is 5.03. The van der Waals surface area contributed by atoms with Gasteiger partial charge in [-0.2, -0.15) is 0 Å². The maximum absolute atomic E-state index is 12.8. The number of Topliss-reactive ketones (excluding diaryl/α,β-unsaturated/α-hetero) is 1. The molecular weight excluding hydrogens is 382 g/mol. The molecule has 5 rings (SSSR count). The van der Waals surface area contributed by atoms with Crippen molar-refractivity contribution in [1.29, 1.82) is 0 Å². The summed E-state index contributed by atoms with van der Waals surface area (Å²) in [5.74, 6) is 1.58. The zero-order valence-electron chi connectivity index (χ0n) is 17.3. The third kappa shape index (κ3) is 3.29. The van der Waals surface area contributed by atoms with Crippen LogP contribution in [0.15, 0.2) is 23.1 Å². The Morgan fingerprint density at radius 2 is 1.90 bits per heavy atom. The van der Waals surface area contributed by atoms with E-state index in [1.54, 1.807) is 19.2 Å². The average molecular weight is 409 g/mol. The number of ether oxygens (including phenoxy) is 1. The molecule has 0 atom stereocenters. The fraction of sp³-hybridized carbons (Fsp3) is 0.545. The molecule has 0 saturated carbocycles. The summed E-state index contributed by atoms with van der Waals surface area (Å²) in [4.78, 5) is 41.3. The van der Waals surface area contributed by atoms with Crippen LogP contribution in [0.5, 0.6) is 0 Å². The second-order valence-electron chi connectivity index (χ2n) is 8.54. The Balaban J connectivity index is 1.39. The van der Waals surface area contributed by atoms with Gasteiger partial charge in [-0.25, -0.2) is 9.97 Å². The lowest BCUT2D eigenvalue weighted by Crippen LogP contribution is -2.43. The molecule has 0 aromatic carbocycles. The summed E-state index contributed by atoms with van der Waals surface area (Å²) >= 11 is 0. The Labute approximate surface area is 175 Å². The van der Waals surface area contributed by atoms with E-state index in [1.165, 1.54) is 0 Å². The molecular formula is C22H27N5O3. The van der Waals surface area contributed by atoms with E-state index in [0.717, 1.165) is 68.9 Å². The van der Waals surface area contributed by atoms with Gasteiger partial charge in [0.15, 0.2) is 5.78 Å². The van der Waals surface area contributed by atoms with Crippen LogP contribution >= 0.6 is 0 Å². The number of anilines is 2. The van der Waals surface area contributed by atoms with Crippen molar-refractivity contribution in [2.75, 3.05) is 49.2 Å². The van der Waals surface area contributed by atoms with Gasteiger partial charge in [0.2, 0.25) is 5.95 Å². The molecule has 2 aromatic heterocycles. The molecule has 0 radical (unpaired) electrons. The van der Waals surface area contributed by atoms with Gasteiger partial charge in [-0.3, -0.25) is 14.6 Å². The number of nitrogens with one attached hydrogen (secondary N) is 1. The number of ketones is 1. The van der Waals surface area contributed by atoms with Gasteiger partial charge in [-0.1, -0.05) is 0 Å². The first kappa shape index (κ1) is 19.2. The van der Waals surface area contributed by atoms with Gasteiger partial charge in [0.05, 0.1) is 18.9 Å². The molecule has 0 amide bonds. The number of aromatic amines is 1. The highest BCUT2D eigenvalue weighted by Crippen LogP contribution is 2.45. The molecule has 2 saturated heterocycles. The van der Waals surface area contributed by atoms with Crippen molar-refractivity contribution in [2.24, 2.45) is 0 Å². The summed E-state index contributed by atoms with van der Waals surface area (Å²) in [6.07, 6.45) is 5.34. The number of rotatable bonds is 3. The number of hydrogen-bond donors (Lipinski definition) is 1. The summed E-state index contributed by atoms with van der Waals surface area (Å²) in [6, 6.07) is 3.64. The van der Waals surface area contributed by atoms with Gasteiger partial charge in [0, 0.05) is 48.9 Å². The predicted molar refractivity (Wildman–Crippen MR) is 114 cm³/mol. The first-order valence-electron chi connectivity index (χ1n) is 10.7. The quantitative estimate of drug-likeness (QED) is 0.772. The molecule has 0 bridgehead atoms. The maximum Gasteiger partial charge on any atom is 0.255 e. The van der Waals surface area contributed by atoms with Crippen molar-refractivity contribution in [2.45, 2.75) is 38.0 Å². The second-order valence-corrected chi connectivity index (χ2v) is 8.54. The predicted octanol–water partition coefficient (Wildman–Crippen LogP) is 1.69. The Kier molecular flexibility index (Phi) is 4.81. The van der Waals surface area contributed by atoms with Crippen LogP contribution in [0, 0.1) is 0 Å². The first-order valence-corrected chi connectivity index (χ1v) is 10.7. The average Bonchev–Trinajstić information content (AvgIpc) is 3.13. The maximum atomic E-state index is 12.8. The van der Waals surface area contributed by atoms with Crippen molar-refractivity contribution in [3.05, 3.63) is 45.5 Å². The van der Waals surface area contributed by atoms with Gasteiger partial charge in [-0.05, 0) is 44.7 Å². The lowest BCUT2D eigenvalue weighted by molar-refractivity contribution is 0.101. The number of aromatic nitrogens is 3. The number of nitrogens with zero attached hydrogens (tertiary/aromatic N) is 4.